The zero-order valence-electron chi connectivity index (χ0n) is 14.3. The van der Waals surface area contributed by atoms with Crippen molar-refractivity contribution in [1.82, 2.24) is 9.88 Å². The summed E-state index contributed by atoms with van der Waals surface area (Å²) >= 11 is 1.46. The summed E-state index contributed by atoms with van der Waals surface area (Å²) in [6.07, 6.45) is 2.00. The van der Waals surface area contributed by atoms with Crippen LogP contribution in [0.25, 0.3) is 0 Å². The average molecular weight is 358 g/mol. The van der Waals surface area contributed by atoms with Crippen molar-refractivity contribution in [2.24, 2.45) is 5.92 Å². The molecule has 2 aliphatic rings. The second kappa shape index (κ2) is 6.77. The summed E-state index contributed by atoms with van der Waals surface area (Å²) in [6.45, 7) is 4.11. The molecule has 132 valence electrons. The predicted octanol–water partition coefficient (Wildman–Crippen LogP) is 3.23. The number of fused-ring (bicyclic) bond motifs is 1. The van der Waals surface area contributed by atoms with Crippen molar-refractivity contribution in [3.63, 3.8) is 0 Å². The van der Waals surface area contributed by atoms with E-state index < -0.39 is 0 Å². The van der Waals surface area contributed by atoms with E-state index in [1.807, 2.05) is 40.6 Å². The lowest BCUT2D eigenvalue weighted by atomic mass is 9.89. The lowest BCUT2D eigenvalue weighted by molar-refractivity contribution is -0.0675. The summed E-state index contributed by atoms with van der Waals surface area (Å²) in [5, 5.41) is 1.82. The molecule has 2 saturated heterocycles. The van der Waals surface area contributed by atoms with Gasteiger partial charge in [-0.1, -0.05) is 18.2 Å². The lowest BCUT2D eigenvalue weighted by Gasteiger charge is -2.33. The molecule has 0 bridgehead atoms. The van der Waals surface area contributed by atoms with Crippen molar-refractivity contribution in [2.45, 2.75) is 31.5 Å². The molecule has 2 aliphatic heterocycles. The predicted molar refractivity (Wildman–Crippen MR) is 96.0 cm³/mol. The number of carbonyl (C=O) groups is 1. The molecule has 5 nitrogen and oxygen atoms in total. The van der Waals surface area contributed by atoms with Crippen LogP contribution in [0.3, 0.4) is 0 Å². The quantitative estimate of drug-likeness (QED) is 0.842. The van der Waals surface area contributed by atoms with E-state index in [4.69, 9.17) is 9.47 Å². The monoisotopic (exact) mass is 358 g/mol. The maximum atomic E-state index is 12.5. The van der Waals surface area contributed by atoms with Gasteiger partial charge in [0.05, 0.1) is 11.6 Å². The third-order valence-corrected chi connectivity index (χ3v) is 5.61. The first-order valence-corrected chi connectivity index (χ1v) is 9.60. The summed E-state index contributed by atoms with van der Waals surface area (Å²) < 4.78 is 12.2. The topological polar surface area (TPSA) is 51.7 Å². The lowest BCUT2D eigenvalue weighted by Crippen LogP contribution is -2.44. The van der Waals surface area contributed by atoms with Crippen LogP contribution in [0.2, 0.25) is 0 Å². The minimum atomic E-state index is -0.301. The van der Waals surface area contributed by atoms with Gasteiger partial charge >= 0.3 is 0 Å². The Labute approximate surface area is 151 Å². The van der Waals surface area contributed by atoms with Crippen LogP contribution in [-0.4, -0.2) is 47.2 Å². The highest BCUT2D eigenvalue weighted by Crippen LogP contribution is 2.39. The molecular formula is C19H22N2O3S. The van der Waals surface area contributed by atoms with Crippen molar-refractivity contribution in [3.8, 4) is 5.75 Å². The Morgan fingerprint density at radius 1 is 1.44 bits per heavy atom. The third-order valence-electron chi connectivity index (χ3n) is 5.02. The molecule has 2 fully saturated rings. The van der Waals surface area contributed by atoms with Crippen LogP contribution in [-0.2, 0) is 4.74 Å². The van der Waals surface area contributed by atoms with E-state index in [0.29, 0.717) is 18.2 Å². The number of carbonyl (C=O) groups excluding carboxylic acids is 1. The number of benzene rings is 1. The van der Waals surface area contributed by atoms with Crippen LogP contribution in [0, 0.1) is 5.92 Å². The van der Waals surface area contributed by atoms with E-state index >= 15 is 0 Å². The molecule has 4 rings (SSSR count). The maximum absolute atomic E-state index is 12.5. The molecule has 1 aromatic carbocycles. The van der Waals surface area contributed by atoms with Crippen molar-refractivity contribution in [3.05, 3.63) is 46.9 Å². The van der Waals surface area contributed by atoms with Gasteiger partial charge in [0.2, 0.25) is 0 Å². The van der Waals surface area contributed by atoms with Gasteiger partial charge in [-0.05, 0) is 31.9 Å². The SMILES string of the molecule is C[C@]1(COc2ccccc2)C[C@@H]2CN(C(=O)c3cscn3)CC[C@@H]2O1. The summed E-state index contributed by atoms with van der Waals surface area (Å²) in [6, 6.07) is 9.83. The van der Waals surface area contributed by atoms with Crippen LogP contribution < -0.4 is 4.74 Å². The molecule has 0 unspecified atom stereocenters. The first-order chi connectivity index (χ1) is 12.1. The number of hydrogen-bond acceptors (Lipinski definition) is 5. The fourth-order valence-electron chi connectivity index (χ4n) is 3.84. The molecule has 0 N–H and O–H groups in total. The highest BCUT2D eigenvalue weighted by atomic mass is 32.1. The van der Waals surface area contributed by atoms with E-state index in [-0.39, 0.29) is 17.6 Å². The highest BCUT2D eigenvalue weighted by molar-refractivity contribution is 7.07. The molecule has 0 radical (unpaired) electrons. The van der Waals surface area contributed by atoms with Gasteiger partial charge in [0, 0.05) is 24.4 Å². The number of aromatic nitrogens is 1. The number of piperidine rings is 1. The van der Waals surface area contributed by atoms with E-state index in [0.717, 1.165) is 31.7 Å². The normalized spacial score (nSPS) is 28.6. The van der Waals surface area contributed by atoms with Gasteiger partial charge in [-0.15, -0.1) is 11.3 Å². The molecular weight excluding hydrogens is 336 g/mol. The minimum Gasteiger partial charge on any atom is -0.491 e. The Balaban J connectivity index is 1.37. The summed E-state index contributed by atoms with van der Waals surface area (Å²) in [4.78, 5) is 18.6. The van der Waals surface area contributed by atoms with Crippen LogP contribution >= 0.6 is 11.3 Å². The van der Waals surface area contributed by atoms with Crippen molar-refractivity contribution < 1.29 is 14.3 Å². The van der Waals surface area contributed by atoms with Crippen molar-refractivity contribution in [1.29, 1.82) is 0 Å². The third kappa shape index (κ3) is 3.55. The number of nitrogens with zero attached hydrogens (tertiary/aromatic N) is 2. The van der Waals surface area contributed by atoms with Crippen molar-refractivity contribution >= 4 is 17.2 Å². The number of hydrogen-bond donors (Lipinski definition) is 0. The number of para-hydroxylation sites is 1. The van der Waals surface area contributed by atoms with E-state index in [9.17, 15) is 4.79 Å². The molecule has 25 heavy (non-hydrogen) atoms. The van der Waals surface area contributed by atoms with Gasteiger partial charge in [-0.2, -0.15) is 0 Å². The average Bonchev–Trinajstić information content (AvgIpc) is 3.27. The standard InChI is InChI=1S/C19H22N2O3S/c1-19(12-23-15-5-3-2-4-6-15)9-14-10-21(8-7-17(14)24-19)18(22)16-11-25-13-20-16/h2-6,11,13-14,17H,7-10,12H2,1H3/t14-,17+,19-/m1/s1. The Morgan fingerprint density at radius 3 is 3.04 bits per heavy atom. The van der Waals surface area contributed by atoms with E-state index in [1.165, 1.54) is 11.3 Å². The van der Waals surface area contributed by atoms with E-state index in [1.54, 1.807) is 5.51 Å². The maximum Gasteiger partial charge on any atom is 0.273 e. The fourth-order valence-corrected chi connectivity index (χ4v) is 4.37. The molecule has 1 aromatic heterocycles. The zero-order chi connectivity index (χ0) is 17.3. The van der Waals surface area contributed by atoms with Crippen LogP contribution in [0.5, 0.6) is 5.75 Å². The molecule has 2 aromatic rings. The summed E-state index contributed by atoms with van der Waals surface area (Å²) in [5.74, 6) is 1.26. The van der Waals surface area contributed by atoms with Gasteiger partial charge in [-0.25, -0.2) is 4.98 Å². The van der Waals surface area contributed by atoms with Crippen LogP contribution in [0.4, 0.5) is 0 Å². The number of rotatable bonds is 4. The fraction of sp³-hybridized carbons (Fsp3) is 0.474. The van der Waals surface area contributed by atoms with Gasteiger partial charge in [0.1, 0.15) is 23.7 Å². The minimum absolute atomic E-state index is 0.0360. The van der Waals surface area contributed by atoms with Gasteiger partial charge in [-0.3, -0.25) is 4.79 Å². The molecule has 0 aliphatic carbocycles. The first kappa shape index (κ1) is 16.5. The molecule has 1 amide bonds. The molecule has 3 atom stereocenters. The second-order valence-corrected chi connectivity index (χ2v) is 7.80. The second-order valence-electron chi connectivity index (χ2n) is 7.09. The number of amides is 1. The van der Waals surface area contributed by atoms with Gasteiger partial charge < -0.3 is 14.4 Å². The molecule has 3 heterocycles. The van der Waals surface area contributed by atoms with Crippen LogP contribution in [0.15, 0.2) is 41.2 Å². The molecule has 0 saturated carbocycles. The number of thiazole rings is 1. The molecule has 6 heteroatoms. The Bertz CT molecular complexity index is 722. The summed E-state index contributed by atoms with van der Waals surface area (Å²) in [5.41, 5.74) is 1.96. The smallest absolute Gasteiger partial charge is 0.273 e. The number of ether oxygens (including phenoxy) is 2. The van der Waals surface area contributed by atoms with Crippen molar-refractivity contribution in [2.75, 3.05) is 19.7 Å². The zero-order valence-corrected chi connectivity index (χ0v) is 15.1. The first-order valence-electron chi connectivity index (χ1n) is 8.66. The Morgan fingerprint density at radius 2 is 2.28 bits per heavy atom. The van der Waals surface area contributed by atoms with E-state index in [2.05, 4.69) is 11.9 Å². The molecule has 0 spiro atoms. The summed E-state index contributed by atoms with van der Waals surface area (Å²) in [7, 11) is 0. The van der Waals surface area contributed by atoms with Gasteiger partial charge in [0.25, 0.3) is 5.91 Å². The highest BCUT2D eigenvalue weighted by Gasteiger charge is 2.46. The number of likely N-dealkylation sites (tertiary alicyclic amines) is 1. The van der Waals surface area contributed by atoms with Crippen LogP contribution in [0.1, 0.15) is 30.3 Å². The Hall–Kier alpha value is -1.92. The van der Waals surface area contributed by atoms with Gasteiger partial charge in [0.15, 0.2) is 0 Å². The Kier molecular flexibility index (Phi) is 4.48. The largest absolute Gasteiger partial charge is 0.491 e.